The Kier molecular flexibility index (Phi) is 24.0. The minimum absolute atomic E-state index is 0. The first kappa shape index (κ1) is 55.6. The Morgan fingerprint density at radius 1 is 0.303 bits per heavy atom. The fourth-order valence-corrected chi connectivity index (χ4v) is 11.0. The molecule has 12 heteroatoms. The number of aromatic nitrogens is 3. The Labute approximate surface area is 456 Å². The molecule has 9 aromatic rings. The molecule has 9 rings (SSSR count). The topological polar surface area (TPSA) is 48.4 Å². The SMILES string of the molecule is CCCN(CCC)c1ccc2nc3ccccc3[s+]c2c1.CCCN(CCC)c1ccc2nc3ccccc3[s+]c2c1.CCCN(CCC)c1ccc2nc3ccccc3[s+]c2c1.[I-].[I-].[I-]. The number of anilines is 3. The van der Waals surface area contributed by atoms with E-state index in [0.717, 1.165) is 72.4 Å². The molecule has 0 fully saturated rings. The van der Waals surface area contributed by atoms with Crippen LogP contribution in [0.3, 0.4) is 0 Å². The first-order valence-electron chi connectivity index (χ1n) is 23.1. The molecule has 348 valence electrons. The van der Waals surface area contributed by atoms with Crippen LogP contribution in [-0.4, -0.2) is 54.2 Å². The molecule has 0 saturated carbocycles. The first-order valence-corrected chi connectivity index (χ1v) is 25.5. The van der Waals surface area contributed by atoms with Crippen LogP contribution < -0.4 is 86.6 Å². The van der Waals surface area contributed by atoms with Gasteiger partial charge in [0.15, 0.2) is 0 Å². The van der Waals surface area contributed by atoms with E-state index in [1.165, 1.54) is 83.8 Å². The Morgan fingerprint density at radius 3 is 0.773 bits per heavy atom. The average Bonchev–Trinajstić information content (AvgIpc) is 3.31. The van der Waals surface area contributed by atoms with Crippen molar-refractivity contribution < 1.29 is 71.9 Å². The summed E-state index contributed by atoms with van der Waals surface area (Å²) in [7, 11) is 0. The molecule has 0 N–H and O–H groups in total. The number of para-hydroxylation sites is 3. The van der Waals surface area contributed by atoms with Gasteiger partial charge in [-0.1, -0.05) is 77.9 Å². The van der Waals surface area contributed by atoms with Crippen molar-refractivity contribution in [3.8, 4) is 0 Å². The van der Waals surface area contributed by atoms with Crippen LogP contribution in [0.25, 0.3) is 61.3 Å². The quantitative estimate of drug-likeness (QED) is 0.0622. The van der Waals surface area contributed by atoms with E-state index in [1.54, 1.807) is 0 Å². The van der Waals surface area contributed by atoms with Gasteiger partial charge in [-0.3, -0.25) is 0 Å². The van der Waals surface area contributed by atoms with Gasteiger partial charge >= 0.3 is 0 Å². The van der Waals surface area contributed by atoms with E-state index < -0.39 is 0 Å². The van der Waals surface area contributed by atoms with Crippen molar-refractivity contribution in [1.29, 1.82) is 0 Å². The van der Waals surface area contributed by atoms with Gasteiger partial charge < -0.3 is 86.6 Å². The lowest BCUT2D eigenvalue weighted by Crippen LogP contribution is -3.00. The smallest absolute Gasteiger partial charge is 0.259 e. The average molecular weight is 1270 g/mol. The lowest BCUT2D eigenvalue weighted by Gasteiger charge is -2.23. The highest BCUT2D eigenvalue weighted by molar-refractivity contribution is 7.25. The van der Waals surface area contributed by atoms with Crippen molar-refractivity contribution in [3.05, 3.63) is 127 Å². The largest absolute Gasteiger partial charge is 1.00 e. The summed E-state index contributed by atoms with van der Waals surface area (Å²) in [5, 5.41) is 0. The molecule has 0 aliphatic heterocycles. The summed E-state index contributed by atoms with van der Waals surface area (Å²) in [6, 6.07) is 45.1. The van der Waals surface area contributed by atoms with Gasteiger partial charge in [-0.2, -0.15) is 0 Å². The molecule has 0 unspecified atom stereocenters. The first-order chi connectivity index (χ1) is 30.9. The number of hydrogen-bond acceptors (Lipinski definition) is 6. The van der Waals surface area contributed by atoms with Crippen molar-refractivity contribution in [1.82, 2.24) is 15.0 Å². The van der Waals surface area contributed by atoms with Crippen LogP contribution in [0.5, 0.6) is 0 Å². The maximum absolute atomic E-state index is 4.76. The fraction of sp³-hybridized carbons (Fsp3) is 0.333. The number of hydrogen-bond donors (Lipinski definition) is 0. The van der Waals surface area contributed by atoms with Gasteiger partial charge in [-0.25, -0.2) is 15.0 Å². The standard InChI is InChI=1S/3C18H21N2S.3HI/c3*1-3-11-20(12-4-2)14-9-10-16-18(13-14)21-17-8-6-5-7-15(17)19-16;;;/h3*5-10,13H,3-4,11-12H2,1-2H3;3*1H/q3*+1;;;/p-3. The lowest BCUT2D eigenvalue weighted by atomic mass is 10.2. The Balaban J connectivity index is 0.000000212. The zero-order valence-electron chi connectivity index (χ0n) is 39.2. The highest BCUT2D eigenvalue weighted by Gasteiger charge is 2.18. The van der Waals surface area contributed by atoms with E-state index in [0.29, 0.717) is 0 Å². The molecule has 0 aliphatic carbocycles. The molecule has 0 aliphatic rings. The summed E-state index contributed by atoms with van der Waals surface area (Å²) in [6.45, 7) is 20.1. The molecule has 3 aromatic heterocycles. The molecule has 0 saturated heterocycles. The Bertz CT molecular complexity index is 2570. The minimum Gasteiger partial charge on any atom is -1.00 e. The summed E-state index contributed by atoms with van der Waals surface area (Å²) >= 11 is 5.49. The third kappa shape index (κ3) is 14.5. The molecule has 0 radical (unpaired) electrons. The van der Waals surface area contributed by atoms with Gasteiger partial charge in [0.1, 0.15) is 33.1 Å². The number of benzene rings is 6. The summed E-state index contributed by atoms with van der Waals surface area (Å²) in [4.78, 5) is 21.7. The zero-order chi connectivity index (χ0) is 44.0. The van der Waals surface area contributed by atoms with Crippen molar-refractivity contribution >= 4 is 112 Å². The normalized spacial score (nSPS) is 10.6. The predicted octanol–water partition coefficient (Wildman–Crippen LogP) is 7.08. The molecule has 66 heavy (non-hydrogen) atoms. The van der Waals surface area contributed by atoms with E-state index in [9.17, 15) is 0 Å². The van der Waals surface area contributed by atoms with Crippen molar-refractivity contribution in [2.75, 3.05) is 54.0 Å². The minimum atomic E-state index is 0. The van der Waals surface area contributed by atoms with Crippen LogP contribution in [0, 0.1) is 0 Å². The van der Waals surface area contributed by atoms with Gasteiger partial charge in [0.25, 0.3) is 28.2 Å². The van der Waals surface area contributed by atoms with Crippen LogP contribution in [0.15, 0.2) is 127 Å². The van der Waals surface area contributed by atoms with E-state index in [1.807, 2.05) is 52.2 Å². The summed E-state index contributed by atoms with van der Waals surface area (Å²) in [5.74, 6) is 0. The highest BCUT2D eigenvalue weighted by Crippen LogP contribution is 2.32. The second kappa shape index (κ2) is 28.5. The molecular formula is C54H63I3N6S3. The second-order valence-corrected chi connectivity index (χ2v) is 19.2. The maximum atomic E-state index is 4.76. The van der Waals surface area contributed by atoms with E-state index in [2.05, 4.69) is 165 Å². The van der Waals surface area contributed by atoms with Gasteiger partial charge in [-0.15, -0.1) is 0 Å². The number of nitrogens with zero attached hydrogens (tertiary/aromatic N) is 6. The Hall–Kier alpha value is -3.03. The zero-order valence-corrected chi connectivity index (χ0v) is 48.1. The van der Waals surface area contributed by atoms with Gasteiger partial charge in [0, 0.05) is 92.7 Å². The molecule has 0 amide bonds. The van der Waals surface area contributed by atoms with Crippen molar-refractivity contribution in [2.45, 2.75) is 80.1 Å². The number of rotatable bonds is 15. The van der Waals surface area contributed by atoms with Crippen molar-refractivity contribution in [3.63, 3.8) is 0 Å². The lowest BCUT2D eigenvalue weighted by molar-refractivity contribution is -0.00100. The molecule has 0 spiro atoms. The third-order valence-electron chi connectivity index (χ3n) is 10.9. The predicted molar refractivity (Wildman–Crippen MR) is 283 cm³/mol. The van der Waals surface area contributed by atoms with Crippen LogP contribution in [0.4, 0.5) is 17.1 Å². The fourth-order valence-electron chi connectivity index (χ4n) is 8.00. The molecule has 6 aromatic carbocycles. The summed E-state index contributed by atoms with van der Waals surface area (Å²) < 4.78 is 7.55. The molecular weight excluding hydrogens is 1210 g/mol. The molecule has 6 nitrogen and oxygen atoms in total. The van der Waals surface area contributed by atoms with E-state index in [-0.39, 0.29) is 71.9 Å². The van der Waals surface area contributed by atoms with Crippen LogP contribution in [0.2, 0.25) is 0 Å². The maximum Gasteiger partial charge on any atom is 0.259 e. The van der Waals surface area contributed by atoms with Crippen LogP contribution in [0.1, 0.15) is 80.1 Å². The van der Waals surface area contributed by atoms with E-state index >= 15 is 0 Å². The monoisotopic (exact) mass is 1270 g/mol. The van der Waals surface area contributed by atoms with Gasteiger partial charge in [0.05, 0.1) is 0 Å². The van der Waals surface area contributed by atoms with E-state index in [4.69, 9.17) is 15.0 Å². The van der Waals surface area contributed by atoms with Crippen LogP contribution in [-0.2, 0) is 0 Å². The number of halogens is 3. The van der Waals surface area contributed by atoms with Crippen molar-refractivity contribution in [2.24, 2.45) is 0 Å². The number of fused-ring (bicyclic) bond motifs is 6. The second-order valence-electron chi connectivity index (χ2n) is 16.0. The Morgan fingerprint density at radius 2 is 0.530 bits per heavy atom. The highest BCUT2D eigenvalue weighted by atomic mass is 127. The molecule has 0 bridgehead atoms. The van der Waals surface area contributed by atoms with Gasteiger partial charge in [0.2, 0.25) is 34.0 Å². The summed E-state index contributed by atoms with van der Waals surface area (Å²) in [5.41, 5.74) is 10.5. The van der Waals surface area contributed by atoms with Gasteiger partial charge in [-0.05, 0) is 93.1 Å². The molecule has 0 atom stereocenters. The third-order valence-corrected chi connectivity index (χ3v) is 14.2. The summed E-state index contributed by atoms with van der Waals surface area (Å²) in [6.07, 6.45) is 7.07. The molecule has 3 heterocycles. The van der Waals surface area contributed by atoms with Crippen LogP contribution >= 0.6 is 34.0 Å².